The monoisotopic (exact) mass is 240 g/mol. The summed E-state index contributed by atoms with van der Waals surface area (Å²) in [4.78, 5) is 12.0. The van der Waals surface area contributed by atoms with Gasteiger partial charge in [-0.2, -0.15) is 5.10 Å². The zero-order valence-corrected chi connectivity index (χ0v) is 9.41. The van der Waals surface area contributed by atoms with Crippen LogP contribution in [0.4, 0.5) is 10.6 Å². The average Bonchev–Trinajstić information content (AvgIpc) is 2.63. The van der Waals surface area contributed by atoms with Crippen LogP contribution in [0, 0.1) is 0 Å². The molecule has 2 heterocycles. The van der Waals surface area contributed by atoms with Gasteiger partial charge in [-0.05, 0) is 18.9 Å². The number of nitrogens with two attached hydrogens (primary N) is 1. The van der Waals surface area contributed by atoms with E-state index in [0.717, 1.165) is 0 Å². The predicted octanol–water partition coefficient (Wildman–Crippen LogP) is -0.0298. The molecule has 4 N–H and O–H groups in total. The number of carboxylic acid groups (broad SMARTS) is 1. The third-order valence-electron chi connectivity index (χ3n) is 3.08. The number of amides is 1. The van der Waals surface area contributed by atoms with Gasteiger partial charge in [0.15, 0.2) is 0 Å². The maximum absolute atomic E-state index is 10.7. The quantitative estimate of drug-likeness (QED) is 0.673. The highest BCUT2D eigenvalue weighted by Crippen LogP contribution is 2.24. The molecule has 0 aromatic carbocycles. The Morgan fingerprint density at radius 1 is 1.53 bits per heavy atom. The summed E-state index contributed by atoms with van der Waals surface area (Å²) in [6.45, 7) is 1.04. The molecule has 0 bridgehead atoms. The summed E-state index contributed by atoms with van der Waals surface area (Å²) in [6.07, 6.45) is 1.60. The molecule has 1 fully saturated rings. The third kappa shape index (κ3) is 2.68. The summed E-state index contributed by atoms with van der Waals surface area (Å²) in [5, 5.41) is 23.1. The lowest BCUT2D eigenvalue weighted by Gasteiger charge is -2.36. The number of hydrogen-bond donors (Lipinski definition) is 3. The van der Waals surface area contributed by atoms with Crippen molar-refractivity contribution in [1.29, 1.82) is 0 Å². The molecule has 0 aliphatic carbocycles. The minimum Gasteiger partial charge on any atom is -0.465 e. The van der Waals surface area contributed by atoms with E-state index < -0.39 is 11.7 Å². The van der Waals surface area contributed by atoms with Crippen LogP contribution in [0.3, 0.4) is 0 Å². The number of carbonyl (C=O) groups is 1. The molecule has 0 saturated carbocycles. The van der Waals surface area contributed by atoms with Crippen LogP contribution in [0.15, 0.2) is 12.3 Å². The van der Waals surface area contributed by atoms with Crippen LogP contribution < -0.4 is 5.73 Å². The van der Waals surface area contributed by atoms with E-state index in [1.54, 1.807) is 16.9 Å². The zero-order valence-electron chi connectivity index (χ0n) is 9.41. The first kappa shape index (κ1) is 11.7. The Morgan fingerprint density at radius 3 is 2.65 bits per heavy atom. The number of anilines is 1. The van der Waals surface area contributed by atoms with Crippen LogP contribution in [0.2, 0.25) is 0 Å². The van der Waals surface area contributed by atoms with Gasteiger partial charge in [0, 0.05) is 19.3 Å². The van der Waals surface area contributed by atoms with Crippen LogP contribution in [-0.4, -0.2) is 49.7 Å². The molecule has 1 saturated heterocycles. The van der Waals surface area contributed by atoms with Gasteiger partial charge in [0.1, 0.15) is 5.82 Å². The van der Waals surface area contributed by atoms with Crippen molar-refractivity contribution in [1.82, 2.24) is 14.7 Å². The fraction of sp³-hybridized carbons (Fsp3) is 0.600. The van der Waals surface area contributed by atoms with Crippen molar-refractivity contribution in [2.24, 2.45) is 0 Å². The van der Waals surface area contributed by atoms with E-state index in [-0.39, 0.29) is 0 Å². The van der Waals surface area contributed by atoms with Gasteiger partial charge in [-0.3, -0.25) is 4.68 Å². The van der Waals surface area contributed by atoms with E-state index in [0.29, 0.717) is 38.3 Å². The van der Waals surface area contributed by atoms with Gasteiger partial charge in [0.25, 0.3) is 0 Å². The number of piperidine rings is 1. The molecular formula is C10H16N4O3. The minimum absolute atomic E-state index is 0.345. The van der Waals surface area contributed by atoms with E-state index >= 15 is 0 Å². The van der Waals surface area contributed by atoms with Crippen molar-refractivity contribution in [3.05, 3.63) is 12.3 Å². The van der Waals surface area contributed by atoms with Crippen LogP contribution in [0.25, 0.3) is 0 Å². The molecule has 94 valence electrons. The Morgan fingerprint density at radius 2 is 2.18 bits per heavy atom. The molecule has 1 aromatic rings. The first-order chi connectivity index (χ1) is 7.98. The Balaban J connectivity index is 1.95. The first-order valence-electron chi connectivity index (χ1n) is 5.48. The average molecular weight is 240 g/mol. The van der Waals surface area contributed by atoms with Gasteiger partial charge < -0.3 is 20.8 Å². The highest BCUT2D eigenvalue weighted by atomic mass is 16.4. The number of hydrogen-bond acceptors (Lipinski definition) is 4. The lowest BCUT2D eigenvalue weighted by molar-refractivity contribution is -0.0319. The van der Waals surface area contributed by atoms with E-state index in [1.807, 2.05) is 0 Å². The van der Waals surface area contributed by atoms with E-state index in [1.165, 1.54) is 4.90 Å². The number of nitrogens with zero attached hydrogens (tertiary/aromatic N) is 3. The number of rotatable bonds is 2. The Labute approximate surface area is 98.4 Å². The van der Waals surface area contributed by atoms with Crippen LogP contribution in [0.1, 0.15) is 12.8 Å². The van der Waals surface area contributed by atoms with Gasteiger partial charge in [-0.15, -0.1) is 0 Å². The fourth-order valence-corrected chi connectivity index (χ4v) is 2.04. The molecule has 1 aliphatic heterocycles. The van der Waals surface area contributed by atoms with Gasteiger partial charge in [0.2, 0.25) is 0 Å². The molecule has 1 amide bonds. The van der Waals surface area contributed by atoms with Gasteiger partial charge in [0.05, 0.1) is 12.1 Å². The molecule has 0 atom stereocenters. The number of aliphatic hydroxyl groups is 1. The summed E-state index contributed by atoms with van der Waals surface area (Å²) in [5.74, 6) is 0.413. The second kappa shape index (κ2) is 4.25. The lowest BCUT2D eigenvalue weighted by Crippen LogP contribution is -2.48. The van der Waals surface area contributed by atoms with Gasteiger partial charge in [-0.1, -0.05) is 0 Å². The van der Waals surface area contributed by atoms with Crippen molar-refractivity contribution in [3.63, 3.8) is 0 Å². The number of likely N-dealkylation sites (tertiary alicyclic amines) is 1. The summed E-state index contributed by atoms with van der Waals surface area (Å²) in [5.41, 5.74) is 4.59. The predicted molar refractivity (Wildman–Crippen MR) is 60.4 cm³/mol. The van der Waals surface area contributed by atoms with Crippen molar-refractivity contribution in [2.75, 3.05) is 18.8 Å². The molecule has 7 nitrogen and oxygen atoms in total. The van der Waals surface area contributed by atoms with Crippen molar-refractivity contribution in [3.8, 4) is 0 Å². The Hall–Kier alpha value is -1.76. The Kier molecular flexibility index (Phi) is 2.93. The molecule has 0 unspecified atom stereocenters. The topological polar surface area (TPSA) is 105 Å². The van der Waals surface area contributed by atoms with E-state index in [2.05, 4.69) is 5.10 Å². The molecule has 0 spiro atoms. The largest absolute Gasteiger partial charge is 0.465 e. The zero-order chi connectivity index (χ0) is 12.5. The minimum atomic E-state index is -0.935. The summed E-state index contributed by atoms with van der Waals surface area (Å²) < 4.78 is 1.59. The molecular weight excluding hydrogens is 224 g/mol. The maximum Gasteiger partial charge on any atom is 0.407 e. The van der Waals surface area contributed by atoms with E-state index in [9.17, 15) is 9.90 Å². The number of nitrogen functional groups attached to an aromatic ring is 1. The maximum atomic E-state index is 10.7. The van der Waals surface area contributed by atoms with Crippen molar-refractivity contribution in [2.45, 2.75) is 25.0 Å². The second-order valence-electron chi connectivity index (χ2n) is 4.43. The fourth-order valence-electron chi connectivity index (χ4n) is 2.04. The molecule has 2 rings (SSSR count). The third-order valence-corrected chi connectivity index (χ3v) is 3.08. The highest BCUT2D eigenvalue weighted by molar-refractivity contribution is 5.65. The standard InChI is InChI=1S/C10H16N4O3/c11-8-1-4-14(12-8)7-10(17)2-5-13(6-3-10)9(15)16/h1,4,17H,2-3,5-7H2,(H2,11,12)(H,15,16). The summed E-state index contributed by atoms with van der Waals surface area (Å²) in [6, 6.07) is 1.66. The molecule has 7 heteroatoms. The van der Waals surface area contributed by atoms with Gasteiger partial charge >= 0.3 is 6.09 Å². The second-order valence-corrected chi connectivity index (χ2v) is 4.43. The molecule has 0 radical (unpaired) electrons. The van der Waals surface area contributed by atoms with Crippen LogP contribution in [0.5, 0.6) is 0 Å². The number of aromatic nitrogens is 2. The Bertz CT molecular complexity index is 409. The SMILES string of the molecule is Nc1ccn(CC2(O)CCN(C(=O)O)CC2)n1. The molecule has 1 aliphatic rings. The van der Waals surface area contributed by atoms with Crippen LogP contribution >= 0.6 is 0 Å². The van der Waals surface area contributed by atoms with Gasteiger partial charge in [-0.25, -0.2) is 4.79 Å². The smallest absolute Gasteiger partial charge is 0.407 e. The molecule has 1 aromatic heterocycles. The highest BCUT2D eigenvalue weighted by Gasteiger charge is 2.34. The lowest BCUT2D eigenvalue weighted by atomic mass is 9.91. The van der Waals surface area contributed by atoms with Crippen molar-refractivity contribution >= 4 is 11.9 Å². The summed E-state index contributed by atoms with van der Waals surface area (Å²) >= 11 is 0. The normalized spacial score (nSPS) is 19.2. The first-order valence-corrected chi connectivity index (χ1v) is 5.48. The van der Waals surface area contributed by atoms with Crippen molar-refractivity contribution < 1.29 is 15.0 Å². The van der Waals surface area contributed by atoms with E-state index in [4.69, 9.17) is 10.8 Å². The van der Waals surface area contributed by atoms with Crippen LogP contribution in [-0.2, 0) is 6.54 Å². The summed E-state index contributed by atoms with van der Waals surface area (Å²) in [7, 11) is 0. The molecule has 17 heavy (non-hydrogen) atoms.